The second-order valence-corrected chi connectivity index (χ2v) is 4.78. The summed E-state index contributed by atoms with van der Waals surface area (Å²) >= 11 is 5.73. The molecule has 1 aromatic rings. The summed E-state index contributed by atoms with van der Waals surface area (Å²) in [6, 6.07) is 1.80. The molecule has 0 saturated heterocycles. The molecule has 1 aromatic heterocycles. The van der Waals surface area contributed by atoms with Gasteiger partial charge >= 0.3 is 0 Å². The highest BCUT2D eigenvalue weighted by Gasteiger charge is 2.34. The molecule has 0 amide bonds. The summed E-state index contributed by atoms with van der Waals surface area (Å²) in [5.41, 5.74) is 0.758. The second-order valence-electron chi connectivity index (χ2n) is 4.44. The van der Waals surface area contributed by atoms with E-state index in [9.17, 15) is 8.78 Å². The zero-order valence-corrected chi connectivity index (χ0v) is 10.3. The lowest BCUT2D eigenvalue weighted by molar-refractivity contribution is -0.0361. The van der Waals surface area contributed by atoms with E-state index in [4.69, 9.17) is 11.6 Å². The van der Waals surface area contributed by atoms with Crippen LogP contribution in [0.5, 0.6) is 0 Å². The zero-order valence-electron chi connectivity index (χ0n) is 9.51. The fourth-order valence-corrected chi connectivity index (χ4v) is 2.22. The van der Waals surface area contributed by atoms with Crippen LogP contribution >= 0.6 is 11.6 Å². The number of rotatable bonds is 2. The molecule has 1 heterocycles. The Kier molecular flexibility index (Phi) is 3.47. The normalized spacial score (nSPS) is 20.2. The SMILES string of the molecule is Cc1cc(NC2CCC(F)(F)CC2)nc(Cl)n1. The maximum absolute atomic E-state index is 13.0. The quantitative estimate of drug-likeness (QED) is 0.829. The minimum atomic E-state index is -2.50. The molecule has 17 heavy (non-hydrogen) atoms. The van der Waals surface area contributed by atoms with Crippen LogP contribution in [-0.4, -0.2) is 21.9 Å². The van der Waals surface area contributed by atoms with Crippen molar-refractivity contribution in [2.45, 2.75) is 44.6 Å². The summed E-state index contributed by atoms with van der Waals surface area (Å²) in [5.74, 6) is -1.89. The molecule has 3 nitrogen and oxygen atoms in total. The van der Waals surface area contributed by atoms with E-state index in [2.05, 4.69) is 15.3 Å². The average Bonchev–Trinajstić information content (AvgIpc) is 2.20. The number of halogens is 3. The predicted molar refractivity (Wildman–Crippen MR) is 62.6 cm³/mol. The average molecular weight is 262 g/mol. The first-order valence-corrected chi connectivity index (χ1v) is 5.98. The van der Waals surface area contributed by atoms with Gasteiger partial charge in [-0.25, -0.2) is 18.7 Å². The lowest BCUT2D eigenvalue weighted by atomic mass is 9.92. The number of hydrogen-bond donors (Lipinski definition) is 1. The third-order valence-corrected chi connectivity index (χ3v) is 3.07. The Hall–Kier alpha value is -0.970. The molecule has 0 aromatic carbocycles. The molecule has 0 atom stereocenters. The van der Waals surface area contributed by atoms with Crippen molar-refractivity contribution in [1.29, 1.82) is 0 Å². The van der Waals surface area contributed by atoms with Gasteiger partial charge in [0, 0.05) is 30.6 Å². The summed E-state index contributed by atoms with van der Waals surface area (Å²) in [6.07, 6.45) is 0.770. The van der Waals surface area contributed by atoms with E-state index in [0.717, 1.165) is 5.69 Å². The van der Waals surface area contributed by atoms with Crippen LogP contribution in [-0.2, 0) is 0 Å². The van der Waals surface area contributed by atoms with Crippen molar-refractivity contribution in [3.05, 3.63) is 17.0 Å². The Morgan fingerprint density at radius 1 is 1.35 bits per heavy atom. The number of hydrogen-bond acceptors (Lipinski definition) is 3. The van der Waals surface area contributed by atoms with Crippen molar-refractivity contribution in [3.8, 4) is 0 Å². The molecule has 1 aliphatic rings. The molecule has 0 aliphatic heterocycles. The molecule has 1 aliphatic carbocycles. The molecule has 94 valence electrons. The van der Waals surface area contributed by atoms with Crippen molar-refractivity contribution in [1.82, 2.24) is 9.97 Å². The Morgan fingerprint density at radius 2 is 2.00 bits per heavy atom. The number of anilines is 1. The van der Waals surface area contributed by atoms with Crippen molar-refractivity contribution < 1.29 is 8.78 Å². The topological polar surface area (TPSA) is 37.8 Å². The van der Waals surface area contributed by atoms with Crippen LogP contribution in [0.15, 0.2) is 6.07 Å². The van der Waals surface area contributed by atoms with Gasteiger partial charge in [-0.05, 0) is 31.4 Å². The van der Waals surface area contributed by atoms with Gasteiger partial charge in [0.05, 0.1) is 0 Å². The van der Waals surface area contributed by atoms with Gasteiger partial charge in [-0.1, -0.05) is 0 Å². The molecular weight excluding hydrogens is 248 g/mol. The van der Waals surface area contributed by atoms with Crippen LogP contribution in [0.4, 0.5) is 14.6 Å². The van der Waals surface area contributed by atoms with Crippen LogP contribution in [0.2, 0.25) is 5.28 Å². The van der Waals surface area contributed by atoms with Crippen LogP contribution in [0, 0.1) is 6.92 Å². The van der Waals surface area contributed by atoms with E-state index in [1.165, 1.54) is 0 Å². The van der Waals surface area contributed by atoms with E-state index in [1.807, 2.05) is 6.92 Å². The molecule has 0 spiro atoms. The molecule has 0 unspecified atom stereocenters. The third kappa shape index (κ3) is 3.49. The monoisotopic (exact) mass is 261 g/mol. The maximum Gasteiger partial charge on any atom is 0.248 e. The Morgan fingerprint density at radius 3 is 2.59 bits per heavy atom. The Bertz CT molecular complexity index is 381. The van der Waals surface area contributed by atoms with Gasteiger partial charge in [-0.2, -0.15) is 0 Å². The summed E-state index contributed by atoms with van der Waals surface area (Å²) in [7, 11) is 0. The van der Waals surface area contributed by atoms with Gasteiger partial charge in [-0.15, -0.1) is 0 Å². The number of alkyl halides is 2. The van der Waals surface area contributed by atoms with E-state index >= 15 is 0 Å². The fraction of sp³-hybridized carbons (Fsp3) is 0.636. The molecule has 6 heteroatoms. The first kappa shape index (κ1) is 12.5. The summed E-state index contributed by atoms with van der Waals surface area (Å²) in [4.78, 5) is 7.96. The summed E-state index contributed by atoms with van der Waals surface area (Å²) < 4.78 is 25.9. The highest BCUT2D eigenvalue weighted by molar-refractivity contribution is 6.28. The van der Waals surface area contributed by atoms with Gasteiger partial charge in [0.2, 0.25) is 11.2 Å². The molecule has 0 radical (unpaired) electrons. The van der Waals surface area contributed by atoms with Crippen LogP contribution in [0.1, 0.15) is 31.4 Å². The van der Waals surface area contributed by atoms with E-state index in [1.54, 1.807) is 6.07 Å². The number of nitrogens with one attached hydrogen (secondary N) is 1. The molecule has 0 bridgehead atoms. The lowest BCUT2D eigenvalue weighted by Crippen LogP contribution is -2.32. The minimum absolute atomic E-state index is 0.0417. The van der Waals surface area contributed by atoms with Crippen molar-refractivity contribution >= 4 is 17.4 Å². The van der Waals surface area contributed by atoms with Gasteiger partial charge in [0.15, 0.2) is 0 Å². The Labute approximate surface area is 104 Å². The van der Waals surface area contributed by atoms with Crippen LogP contribution in [0.25, 0.3) is 0 Å². The highest BCUT2D eigenvalue weighted by Crippen LogP contribution is 2.34. The standard InChI is InChI=1S/C11H14ClF2N3/c1-7-6-9(17-10(12)15-7)16-8-2-4-11(13,14)5-3-8/h6,8H,2-5H2,1H3,(H,15,16,17). The van der Waals surface area contributed by atoms with E-state index < -0.39 is 5.92 Å². The third-order valence-electron chi connectivity index (χ3n) is 2.90. The number of nitrogens with zero attached hydrogens (tertiary/aromatic N) is 2. The van der Waals surface area contributed by atoms with Crippen LogP contribution in [0.3, 0.4) is 0 Å². The van der Waals surface area contributed by atoms with Crippen molar-refractivity contribution in [3.63, 3.8) is 0 Å². The molecule has 1 saturated carbocycles. The maximum atomic E-state index is 13.0. The smallest absolute Gasteiger partial charge is 0.248 e. The van der Waals surface area contributed by atoms with Gasteiger partial charge in [0.1, 0.15) is 5.82 Å². The van der Waals surface area contributed by atoms with Crippen LogP contribution < -0.4 is 5.32 Å². The van der Waals surface area contributed by atoms with Gasteiger partial charge in [-0.3, -0.25) is 0 Å². The number of aromatic nitrogens is 2. The summed E-state index contributed by atoms with van der Waals surface area (Å²) in [6.45, 7) is 1.81. The first-order valence-electron chi connectivity index (χ1n) is 5.60. The lowest BCUT2D eigenvalue weighted by Gasteiger charge is -2.29. The number of aryl methyl sites for hydroxylation is 1. The molecule has 2 rings (SSSR count). The summed E-state index contributed by atoms with van der Waals surface area (Å²) in [5, 5.41) is 3.31. The van der Waals surface area contributed by atoms with Crippen molar-refractivity contribution in [2.24, 2.45) is 0 Å². The largest absolute Gasteiger partial charge is 0.367 e. The molecule has 1 N–H and O–H groups in total. The minimum Gasteiger partial charge on any atom is -0.367 e. The zero-order chi connectivity index (χ0) is 12.5. The van der Waals surface area contributed by atoms with E-state index in [0.29, 0.717) is 18.7 Å². The van der Waals surface area contributed by atoms with Gasteiger partial charge < -0.3 is 5.32 Å². The fourth-order valence-electron chi connectivity index (χ4n) is 2.00. The van der Waals surface area contributed by atoms with E-state index in [-0.39, 0.29) is 24.2 Å². The molecule has 1 fully saturated rings. The predicted octanol–water partition coefficient (Wildman–Crippen LogP) is 3.43. The first-order chi connectivity index (χ1) is 7.94. The second kappa shape index (κ2) is 4.72. The highest BCUT2D eigenvalue weighted by atomic mass is 35.5. The Balaban J connectivity index is 1.97. The van der Waals surface area contributed by atoms with Gasteiger partial charge in [0.25, 0.3) is 0 Å². The van der Waals surface area contributed by atoms with Crippen molar-refractivity contribution in [2.75, 3.05) is 5.32 Å². The molecular formula is C11H14ClF2N3.